The molecule has 0 aromatic carbocycles. The van der Waals surface area contributed by atoms with Gasteiger partial charge in [0.05, 0.1) is 17.5 Å². The summed E-state index contributed by atoms with van der Waals surface area (Å²) in [7, 11) is 0. The molecule has 0 atom stereocenters. The maximum Gasteiger partial charge on any atom is 0.417 e. The van der Waals surface area contributed by atoms with Gasteiger partial charge >= 0.3 is 6.18 Å². The van der Waals surface area contributed by atoms with Crippen LogP contribution in [0.4, 0.5) is 13.2 Å². The van der Waals surface area contributed by atoms with Crippen molar-refractivity contribution in [1.29, 1.82) is 0 Å². The van der Waals surface area contributed by atoms with Crippen molar-refractivity contribution in [3.05, 3.63) is 41.3 Å². The van der Waals surface area contributed by atoms with Crippen LogP contribution in [-0.2, 0) is 11.5 Å². The molecule has 1 saturated carbocycles. The number of hydrogen-bond donors (Lipinski definition) is 0. The highest BCUT2D eigenvalue weighted by molar-refractivity contribution is 9.08. The topological polar surface area (TPSA) is 30.7 Å². The Kier molecular flexibility index (Phi) is 3.32. The summed E-state index contributed by atoms with van der Waals surface area (Å²) in [6, 6.07) is 2.40. The van der Waals surface area contributed by atoms with Crippen molar-refractivity contribution in [3.8, 4) is 5.82 Å². The first-order valence-corrected chi connectivity index (χ1v) is 7.29. The van der Waals surface area contributed by atoms with Crippen LogP contribution in [0, 0.1) is 0 Å². The zero-order valence-electron chi connectivity index (χ0n) is 10.4. The highest BCUT2D eigenvalue weighted by atomic mass is 79.9. The predicted molar refractivity (Wildman–Crippen MR) is 71.0 cm³/mol. The average molecular weight is 346 g/mol. The molecule has 1 aliphatic rings. The van der Waals surface area contributed by atoms with Gasteiger partial charge < -0.3 is 0 Å². The molecule has 3 rings (SSSR count). The third-order valence-electron chi connectivity index (χ3n) is 3.29. The summed E-state index contributed by atoms with van der Waals surface area (Å²) in [5, 5.41) is 4.93. The van der Waals surface area contributed by atoms with Crippen molar-refractivity contribution >= 4 is 15.9 Å². The van der Waals surface area contributed by atoms with E-state index in [0.29, 0.717) is 17.1 Å². The van der Waals surface area contributed by atoms with Crippen LogP contribution in [0.25, 0.3) is 5.82 Å². The molecule has 0 bridgehead atoms. The first-order chi connectivity index (χ1) is 9.50. The van der Waals surface area contributed by atoms with Gasteiger partial charge in [0.2, 0.25) is 0 Å². The molecule has 0 aliphatic heterocycles. The Hall–Kier alpha value is -1.37. The minimum atomic E-state index is -4.37. The molecular weight excluding hydrogens is 335 g/mol. The highest BCUT2D eigenvalue weighted by Gasteiger charge is 2.32. The third-order valence-corrected chi connectivity index (χ3v) is 3.89. The lowest BCUT2D eigenvalue weighted by Crippen LogP contribution is -2.08. The molecule has 0 amide bonds. The summed E-state index contributed by atoms with van der Waals surface area (Å²) in [5.41, 5.74) is 1.37. The van der Waals surface area contributed by atoms with E-state index in [1.807, 2.05) is 0 Å². The summed E-state index contributed by atoms with van der Waals surface area (Å²) < 4.78 is 39.2. The minimum Gasteiger partial charge on any atom is -0.236 e. The lowest BCUT2D eigenvalue weighted by Gasteiger charge is -2.09. The minimum absolute atomic E-state index is 0.423. The molecule has 7 heteroatoms. The molecule has 2 aromatic heterocycles. The Balaban J connectivity index is 1.99. The Morgan fingerprint density at radius 1 is 1.25 bits per heavy atom. The largest absolute Gasteiger partial charge is 0.417 e. The van der Waals surface area contributed by atoms with Crippen molar-refractivity contribution in [2.75, 3.05) is 0 Å². The molecule has 2 aromatic rings. The van der Waals surface area contributed by atoms with Gasteiger partial charge in [0.1, 0.15) is 0 Å². The summed E-state index contributed by atoms with van der Waals surface area (Å²) in [4.78, 5) is 3.90. The van der Waals surface area contributed by atoms with Crippen molar-refractivity contribution in [1.82, 2.24) is 14.8 Å². The average Bonchev–Trinajstić information content (AvgIpc) is 3.17. The number of aromatic nitrogens is 3. The molecule has 0 saturated heterocycles. The second kappa shape index (κ2) is 4.87. The summed E-state index contributed by atoms with van der Waals surface area (Å²) >= 11 is 3.41. The van der Waals surface area contributed by atoms with E-state index in [4.69, 9.17) is 0 Å². The molecule has 1 aliphatic carbocycles. The third kappa shape index (κ3) is 2.46. The van der Waals surface area contributed by atoms with E-state index in [2.05, 4.69) is 26.0 Å². The summed E-state index contributed by atoms with van der Waals surface area (Å²) in [6.07, 6.45) is 0.401. The molecule has 20 heavy (non-hydrogen) atoms. The Morgan fingerprint density at radius 2 is 2.00 bits per heavy atom. The van der Waals surface area contributed by atoms with Crippen molar-refractivity contribution in [2.24, 2.45) is 0 Å². The maximum atomic E-state index is 12.5. The van der Waals surface area contributed by atoms with Gasteiger partial charge in [0.15, 0.2) is 5.82 Å². The molecule has 0 radical (unpaired) electrons. The Morgan fingerprint density at radius 3 is 2.50 bits per heavy atom. The first-order valence-electron chi connectivity index (χ1n) is 6.17. The van der Waals surface area contributed by atoms with Gasteiger partial charge in [-0.25, -0.2) is 9.67 Å². The standard InChI is InChI=1S/C13H11BrF3N3/c14-5-9-6-19-20(12(9)8-1-2-8)11-4-3-10(7-18-11)13(15,16)17/h3-4,6-8H,1-2,5H2. The van der Waals surface area contributed by atoms with Crippen LogP contribution in [0.2, 0.25) is 0 Å². The monoisotopic (exact) mass is 345 g/mol. The van der Waals surface area contributed by atoms with Crippen LogP contribution in [0.1, 0.15) is 35.6 Å². The van der Waals surface area contributed by atoms with Crippen LogP contribution in [-0.4, -0.2) is 14.8 Å². The number of alkyl halides is 4. The predicted octanol–water partition coefficient (Wildman–Crippen LogP) is 4.06. The van der Waals surface area contributed by atoms with Crippen LogP contribution >= 0.6 is 15.9 Å². The Labute approximate surface area is 121 Å². The Bertz CT molecular complexity index is 615. The van der Waals surface area contributed by atoms with E-state index in [-0.39, 0.29) is 0 Å². The van der Waals surface area contributed by atoms with Gasteiger partial charge in [-0.05, 0) is 25.0 Å². The van der Waals surface area contributed by atoms with Crippen molar-refractivity contribution in [2.45, 2.75) is 30.3 Å². The lowest BCUT2D eigenvalue weighted by molar-refractivity contribution is -0.137. The van der Waals surface area contributed by atoms with Crippen LogP contribution in [0.5, 0.6) is 0 Å². The molecule has 3 nitrogen and oxygen atoms in total. The summed E-state index contributed by atoms with van der Waals surface area (Å²) in [5.74, 6) is 0.862. The number of hydrogen-bond acceptors (Lipinski definition) is 2. The fourth-order valence-electron chi connectivity index (χ4n) is 2.15. The maximum absolute atomic E-state index is 12.5. The quantitative estimate of drug-likeness (QED) is 0.785. The number of halogens is 4. The van der Waals surface area contributed by atoms with Crippen LogP contribution in [0.3, 0.4) is 0 Å². The zero-order valence-corrected chi connectivity index (χ0v) is 11.9. The molecular formula is C13H11BrF3N3. The number of nitrogens with zero attached hydrogens (tertiary/aromatic N) is 3. The van der Waals surface area contributed by atoms with E-state index in [1.165, 1.54) is 6.07 Å². The van der Waals surface area contributed by atoms with E-state index in [1.54, 1.807) is 10.9 Å². The molecule has 1 fully saturated rings. The van der Waals surface area contributed by atoms with Crippen molar-refractivity contribution in [3.63, 3.8) is 0 Å². The van der Waals surface area contributed by atoms with Gasteiger partial charge in [-0.2, -0.15) is 18.3 Å². The van der Waals surface area contributed by atoms with Gasteiger partial charge in [-0.15, -0.1) is 0 Å². The van der Waals surface area contributed by atoms with Gasteiger partial charge in [0, 0.05) is 23.0 Å². The molecule has 2 heterocycles. The number of rotatable bonds is 3. The fourth-order valence-corrected chi connectivity index (χ4v) is 2.58. The lowest BCUT2D eigenvalue weighted by atomic mass is 10.2. The van der Waals surface area contributed by atoms with Gasteiger partial charge in [-0.3, -0.25) is 0 Å². The zero-order chi connectivity index (χ0) is 14.3. The molecule has 0 unspecified atom stereocenters. The number of pyridine rings is 1. The van der Waals surface area contributed by atoms with Crippen LogP contribution in [0.15, 0.2) is 24.5 Å². The van der Waals surface area contributed by atoms with Crippen LogP contribution < -0.4 is 0 Å². The van der Waals surface area contributed by atoms with Gasteiger partial charge in [0.25, 0.3) is 0 Å². The van der Waals surface area contributed by atoms with E-state index in [9.17, 15) is 13.2 Å². The fraction of sp³-hybridized carbons (Fsp3) is 0.385. The molecule has 0 N–H and O–H groups in total. The second-order valence-corrected chi connectivity index (χ2v) is 5.34. The SMILES string of the molecule is FC(F)(F)c1ccc(-n2ncc(CBr)c2C2CC2)nc1. The smallest absolute Gasteiger partial charge is 0.236 e. The molecule has 106 valence electrons. The highest BCUT2D eigenvalue weighted by Crippen LogP contribution is 2.42. The molecule has 0 spiro atoms. The van der Waals surface area contributed by atoms with E-state index < -0.39 is 11.7 Å². The van der Waals surface area contributed by atoms with Gasteiger partial charge in [-0.1, -0.05) is 15.9 Å². The second-order valence-electron chi connectivity index (χ2n) is 4.78. The summed E-state index contributed by atoms with van der Waals surface area (Å²) in [6.45, 7) is 0. The van der Waals surface area contributed by atoms with Crippen molar-refractivity contribution < 1.29 is 13.2 Å². The van der Waals surface area contributed by atoms with E-state index >= 15 is 0 Å². The first kappa shape index (κ1) is 13.6. The van der Waals surface area contributed by atoms with E-state index in [0.717, 1.165) is 36.4 Å². The normalized spacial score (nSPS) is 15.6.